The van der Waals surface area contributed by atoms with Gasteiger partial charge in [-0.15, -0.1) is 0 Å². The van der Waals surface area contributed by atoms with E-state index in [1.807, 2.05) is 56.3 Å². The summed E-state index contributed by atoms with van der Waals surface area (Å²) in [4.78, 5) is 12.2. The number of rotatable bonds is 5. The third-order valence-electron chi connectivity index (χ3n) is 2.81. The molecule has 0 saturated carbocycles. The predicted octanol–water partition coefficient (Wildman–Crippen LogP) is 5.47. The van der Waals surface area contributed by atoms with Crippen LogP contribution in [0.1, 0.15) is 30.6 Å². The average molecular weight is 333 g/mol. The maximum atomic E-state index is 12.2. The molecule has 0 aliphatic carbocycles. The van der Waals surface area contributed by atoms with Crippen LogP contribution in [0, 0.1) is 5.92 Å². The van der Waals surface area contributed by atoms with Gasteiger partial charge in [0.1, 0.15) is 11.5 Å². The molecule has 2 aromatic rings. The molecule has 0 atom stereocenters. The zero-order chi connectivity index (χ0) is 14.5. The Hall–Kier alpha value is -1.61. The molecule has 0 fully saturated rings. The zero-order valence-electron chi connectivity index (χ0n) is 11.6. The summed E-state index contributed by atoms with van der Waals surface area (Å²) in [5, 5.41) is 0. The number of hydrogen-bond acceptors (Lipinski definition) is 2. The first-order valence-corrected chi connectivity index (χ1v) is 7.41. The number of hydrogen-bond donors (Lipinski definition) is 0. The average Bonchev–Trinajstić information content (AvgIpc) is 2.41. The molecule has 2 aromatic carbocycles. The summed E-state index contributed by atoms with van der Waals surface area (Å²) in [7, 11) is 0. The quantitative estimate of drug-likeness (QED) is 0.678. The maximum absolute atomic E-state index is 12.2. The van der Waals surface area contributed by atoms with Gasteiger partial charge in [0.15, 0.2) is 5.78 Å². The van der Waals surface area contributed by atoms with Crippen molar-refractivity contribution in [3.63, 3.8) is 0 Å². The van der Waals surface area contributed by atoms with Crippen LogP contribution < -0.4 is 4.74 Å². The largest absolute Gasteiger partial charge is 0.457 e. The Morgan fingerprint density at radius 3 is 2.45 bits per heavy atom. The third-order valence-corrected chi connectivity index (χ3v) is 3.50. The molecule has 0 aliphatic rings. The van der Waals surface area contributed by atoms with Crippen molar-refractivity contribution in [3.05, 3.63) is 58.6 Å². The summed E-state index contributed by atoms with van der Waals surface area (Å²) >= 11 is 3.43. The fourth-order valence-electron chi connectivity index (χ4n) is 1.89. The van der Waals surface area contributed by atoms with Crippen molar-refractivity contribution in [2.45, 2.75) is 20.3 Å². The van der Waals surface area contributed by atoms with E-state index in [0.29, 0.717) is 23.7 Å². The van der Waals surface area contributed by atoms with E-state index < -0.39 is 0 Å². The SMILES string of the molecule is CC(C)CC(=O)c1cc(Oc2ccccc2)ccc1Br. The molecule has 20 heavy (non-hydrogen) atoms. The van der Waals surface area contributed by atoms with E-state index in [-0.39, 0.29) is 5.78 Å². The summed E-state index contributed by atoms with van der Waals surface area (Å²) in [6.07, 6.45) is 0.535. The standard InChI is InChI=1S/C17H17BrO2/c1-12(2)10-17(19)15-11-14(8-9-16(15)18)20-13-6-4-3-5-7-13/h3-9,11-12H,10H2,1-2H3. The highest BCUT2D eigenvalue weighted by molar-refractivity contribution is 9.10. The van der Waals surface area contributed by atoms with Gasteiger partial charge in [0.25, 0.3) is 0 Å². The summed E-state index contributed by atoms with van der Waals surface area (Å²) in [6, 6.07) is 15.0. The van der Waals surface area contributed by atoms with E-state index in [0.717, 1.165) is 10.2 Å². The number of Topliss-reactive ketones (excluding diaryl/α,β-unsaturated/α-hetero) is 1. The highest BCUT2D eigenvalue weighted by atomic mass is 79.9. The second kappa shape index (κ2) is 6.71. The predicted molar refractivity (Wildman–Crippen MR) is 84.4 cm³/mol. The lowest BCUT2D eigenvalue weighted by atomic mass is 10.0. The number of carbonyl (C=O) groups is 1. The first-order valence-electron chi connectivity index (χ1n) is 6.62. The normalized spacial score (nSPS) is 10.6. The second-order valence-electron chi connectivity index (χ2n) is 5.08. The van der Waals surface area contributed by atoms with Gasteiger partial charge in [-0.05, 0) is 36.2 Å². The second-order valence-corrected chi connectivity index (χ2v) is 5.93. The molecule has 0 heterocycles. The molecule has 3 heteroatoms. The minimum Gasteiger partial charge on any atom is -0.457 e. The molecule has 2 nitrogen and oxygen atoms in total. The Bertz CT molecular complexity index is 591. The van der Waals surface area contributed by atoms with Crippen molar-refractivity contribution in [3.8, 4) is 11.5 Å². The monoisotopic (exact) mass is 332 g/mol. The minimum absolute atomic E-state index is 0.130. The van der Waals surface area contributed by atoms with Gasteiger partial charge in [-0.2, -0.15) is 0 Å². The summed E-state index contributed by atoms with van der Waals surface area (Å²) in [5.74, 6) is 1.90. The number of benzene rings is 2. The van der Waals surface area contributed by atoms with Crippen molar-refractivity contribution < 1.29 is 9.53 Å². The molecule has 0 unspecified atom stereocenters. The van der Waals surface area contributed by atoms with Crippen LogP contribution in [0.2, 0.25) is 0 Å². The van der Waals surface area contributed by atoms with Gasteiger partial charge >= 0.3 is 0 Å². The van der Waals surface area contributed by atoms with E-state index in [1.165, 1.54) is 0 Å². The molecule has 0 spiro atoms. The number of halogens is 1. The van der Waals surface area contributed by atoms with Gasteiger partial charge in [0.05, 0.1) is 0 Å². The molecule has 0 N–H and O–H groups in total. The van der Waals surface area contributed by atoms with E-state index >= 15 is 0 Å². The molecule has 0 bridgehead atoms. The van der Waals surface area contributed by atoms with E-state index in [1.54, 1.807) is 6.07 Å². The molecule has 0 saturated heterocycles. The molecular weight excluding hydrogens is 316 g/mol. The number of ether oxygens (including phenoxy) is 1. The van der Waals surface area contributed by atoms with Gasteiger partial charge in [0, 0.05) is 16.5 Å². The van der Waals surface area contributed by atoms with E-state index in [4.69, 9.17) is 4.74 Å². The fraction of sp³-hybridized carbons (Fsp3) is 0.235. The minimum atomic E-state index is 0.130. The molecule has 2 rings (SSSR count). The van der Waals surface area contributed by atoms with Crippen LogP contribution >= 0.6 is 15.9 Å². The smallest absolute Gasteiger partial charge is 0.164 e. The van der Waals surface area contributed by atoms with Crippen LogP contribution in [0.3, 0.4) is 0 Å². The van der Waals surface area contributed by atoms with Crippen LogP contribution in [0.15, 0.2) is 53.0 Å². The maximum Gasteiger partial charge on any atom is 0.164 e. The highest BCUT2D eigenvalue weighted by Gasteiger charge is 2.13. The van der Waals surface area contributed by atoms with Gasteiger partial charge in [-0.3, -0.25) is 4.79 Å². The third kappa shape index (κ3) is 3.94. The molecule has 0 radical (unpaired) electrons. The Morgan fingerprint density at radius 2 is 1.80 bits per heavy atom. The highest BCUT2D eigenvalue weighted by Crippen LogP contribution is 2.28. The van der Waals surface area contributed by atoms with Crippen LogP contribution in [0.25, 0.3) is 0 Å². The fourth-order valence-corrected chi connectivity index (χ4v) is 2.35. The van der Waals surface area contributed by atoms with Crippen LogP contribution in [-0.2, 0) is 0 Å². The van der Waals surface area contributed by atoms with E-state index in [2.05, 4.69) is 15.9 Å². The first kappa shape index (κ1) is 14.8. The van der Waals surface area contributed by atoms with E-state index in [9.17, 15) is 4.79 Å². The Balaban J connectivity index is 2.22. The van der Waals surface area contributed by atoms with Gasteiger partial charge in [0.2, 0.25) is 0 Å². The van der Waals surface area contributed by atoms with Crippen molar-refractivity contribution in [1.29, 1.82) is 0 Å². The lowest BCUT2D eigenvalue weighted by Crippen LogP contribution is -2.04. The van der Waals surface area contributed by atoms with Gasteiger partial charge in [-0.25, -0.2) is 0 Å². The molecule has 104 valence electrons. The molecule has 0 amide bonds. The number of para-hydroxylation sites is 1. The lowest BCUT2D eigenvalue weighted by Gasteiger charge is -2.10. The molecule has 0 aliphatic heterocycles. The van der Waals surface area contributed by atoms with Gasteiger partial charge in [-0.1, -0.05) is 48.0 Å². The van der Waals surface area contributed by atoms with Crippen LogP contribution in [0.4, 0.5) is 0 Å². The Morgan fingerprint density at radius 1 is 1.10 bits per heavy atom. The van der Waals surface area contributed by atoms with Crippen LogP contribution in [0.5, 0.6) is 11.5 Å². The molecular formula is C17H17BrO2. The number of ketones is 1. The Kier molecular flexibility index (Phi) is 4.96. The molecule has 0 aromatic heterocycles. The summed E-state index contributed by atoms with van der Waals surface area (Å²) in [6.45, 7) is 4.08. The topological polar surface area (TPSA) is 26.3 Å². The van der Waals surface area contributed by atoms with Gasteiger partial charge < -0.3 is 4.74 Å². The Labute approximate surface area is 127 Å². The number of carbonyl (C=O) groups excluding carboxylic acids is 1. The van der Waals surface area contributed by atoms with Crippen molar-refractivity contribution in [2.24, 2.45) is 5.92 Å². The lowest BCUT2D eigenvalue weighted by molar-refractivity contribution is 0.0967. The van der Waals surface area contributed by atoms with Crippen molar-refractivity contribution in [1.82, 2.24) is 0 Å². The van der Waals surface area contributed by atoms with Crippen molar-refractivity contribution >= 4 is 21.7 Å². The van der Waals surface area contributed by atoms with Crippen molar-refractivity contribution in [2.75, 3.05) is 0 Å². The van der Waals surface area contributed by atoms with Crippen LogP contribution in [-0.4, -0.2) is 5.78 Å². The summed E-state index contributed by atoms with van der Waals surface area (Å²) in [5.41, 5.74) is 0.673. The first-order chi connectivity index (χ1) is 9.56. The zero-order valence-corrected chi connectivity index (χ0v) is 13.2. The summed E-state index contributed by atoms with van der Waals surface area (Å²) < 4.78 is 6.56.